The Hall–Kier alpha value is -5.37. The van der Waals surface area contributed by atoms with Gasteiger partial charge in [-0.2, -0.15) is 5.26 Å². The molecule has 2 aliphatic carbocycles. The van der Waals surface area contributed by atoms with Gasteiger partial charge in [-0.1, -0.05) is 18.9 Å². The predicted octanol–water partition coefficient (Wildman–Crippen LogP) is 5.31. The van der Waals surface area contributed by atoms with Crippen molar-refractivity contribution >= 4 is 58.3 Å². The van der Waals surface area contributed by atoms with Gasteiger partial charge in [0, 0.05) is 47.6 Å². The zero-order valence-corrected chi connectivity index (χ0v) is 27.7. The number of nitrogens with one attached hydrogen (secondary N) is 3. The monoisotopic (exact) mass is 648 g/mol. The van der Waals surface area contributed by atoms with Crippen molar-refractivity contribution in [1.82, 2.24) is 5.32 Å². The quantitative estimate of drug-likeness (QED) is 0.179. The summed E-state index contributed by atoms with van der Waals surface area (Å²) in [7, 11) is 0. The molecule has 2 atom stereocenters. The summed E-state index contributed by atoms with van der Waals surface area (Å²) in [5.41, 5.74) is 2.53. The maximum absolute atomic E-state index is 13.8. The molecule has 1 saturated carbocycles. The molecule has 5 rings (SSSR count). The molecule has 0 spiro atoms. The third-order valence-corrected chi connectivity index (χ3v) is 9.32. The van der Waals surface area contributed by atoms with E-state index >= 15 is 0 Å². The molecule has 2 aromatic rings. The van der Waals surface area contributed by atoms with Crippen molar-refractivity contribution in [3.8, 4) is 6.07 Å². The summed E-state index contributed by atoms with van der Waals surface area (Å²) < 4.78 is 0. The number of aldehydes is 1. The number of benzene rings is 2. The molecule has 3 N–H and O–H groups in total. The topological polar surface area (TPSA) is 161 Å². The summed E-state index contributed by atoms with van der Waals surface area (Å²) in [6, 6.07) is 14.5. The van der Waals surface area contributed by atoms with E-state index in [1.54, 1.807) is 38.1 Å². The number of nitriles is 1. The van der Waals surface area contributed by atoms with Crippen LogP contribution in [0.1, 0.15) is 58.4 Å². The molecule has 248 valence electrons. The highest BCUT2D eigenvalue weighted by atomic mass is 16.2. The van der Waals surface area contributed by atoms with Crippen molar-refractivity contribution in [2.75, 3.05) is 28.6 Å². The Morgan fingerprint density at radius 3 is 2.52 bits per heavy atom. The van der Waals surface area contributed by atoms with E-state index < -0.39 is 23.0 Å². The summed E-state index contributed by atoms with van der Waals surface area (Å²) in [6.45, 7) is 8.51. The molecule has 0 aromatic heterocycles. The highest BCUT2D eigenvalue weighted by molar-refractivity contribution is 6.38. The van der Waals surface area contributed by atoms with Crippen LogP contribution in [0.4, 0.5) is 22.7 Å². The van der Waals surface area contributed by atoms with Crippen molar-refractivity contribution in [1.29, 1.82) is 5.26 Å². The number of ketones is 1. The Labute approximate surface area is 280 Å². The molecular formula is C37H40N6O5. The molecule has 11 nitrogen and oxygen atoms in total. The van der Waals surface area contributed by atoms with Gasteiger partial charge in [0.15, 0.2) is 5.78 Å². The fourth-order valence-corrected chi connectivity index (χ4v) is 6.52. The number of allylic oxidation sites excluding steroid dienone is 1. The second-order valence-corrected chi connectivity index (χ2v) is 12.9. The van der Waals surface area contributed by atoms with Crippen molar-refractivity contribution in [3.63, 3.8) is 0 Å². The van der Waals surface area contributed by atoms with Gasteiger partial charge in [-0.25, -0.2) is 4.99 Å². The summed E-state index contributed by atoms with van der Waals surface area (Å²) in [5, 5.41) is 17.5. The maximum atomic E-state index is 13.8. The number of carbonyl (C=O) groups excluding carboxylic acids is 5. The molecule has 2 aromatic carbocycles. The third-order valence-electron chi connectivity index (χ3n) is 9.32. The number of anilines is 3. The molecule has 2 unspecified atom stereocenters. The van der Waals surface area contributed by atoms with E-state index in [0.29, 0.717) is 42.9 Å². The van der Waals surface area contributed by atoms with Crippen molar-refractivity contribution in [2.24, 2.45) is 22.2 Å². The molecule has 3 amide bonds. The van der Waals surface area contributed by atoms with E-state index in [0.717, 1.165) is 36.9 Å². The molecule has 1 heterocycles. The smallest absolute Gasteiger partial charge is 0.259 e. The molecule has 1 fully saturated rings. The number of hydrogen-bond donors (Lipinski definition) is 3. The van der Waals surface area contributed by atoms with Gasteiger partial charge in [0.05, 0.1) is 40.6 Å². The molecule has 11 heteroatoms. The number of aryl methyl sites for hydroxylation is 1. The van der Waals surface area contributed by atoms with Crippen LogP contribution >= 0.6 is 0 Å². The van der Waals surface area contributed by atoms with Crippen LogP contribution < -0.4 is 20.9 Å². The van der Waals surface area contributed by atoms with Crippen LogP contribution in [0, 0.1) is 35.5 Å². The molecule has 48 heavy (non-hydrogen) atoms. The summed E-state index contributed by atoms with van der Waals surface area (Å²) in [5.74, 6) is -2.59. The SMILES string of the molecule is CCN(CCC#N)c1ccc(N=C2C=C(C(=O)Nc3cccc(NC(=O)C4CCCCC4C=O)c3)C(=O)C3=C2NC(=O)C3(C)C)c(C)c1. The normalized spacial score (nSPS) is 20.7. The van der Waals surface area contributed by atoms with Crippen molar-refractivity contribution in [3.05, 3.63) is 70.9 Å². The first kappa shape index (κ1) is 34.0. The Morgan fingerprint density at radius 2 is 1.83 bits per heavy atom. The largest absolute Gasteiger partial charge is 0.371 e. The van der Waals surface area contributed by atoms with Gasteiger partial charge >= 0.3 is 0 Å². The third kappa shape index (κ3) is 6.83. The van der Waals surface area contributed by atoms with E-state index in [1.165, 1.54) is 6.08 Å². The Balaban J connectivity index is 1.42. The predicted molar refractivity (Wildman–Crippen MR) is 184 cm³/mol. The van der Waals surface area contributed by atoms with Crippen LogP contribution in [0.2, 0.25) is 0 Å². The maximum Gasteiger partial charge on any atom is 0.259 e. The zero-order valence-electron chi connectivity index (χ0n) is 27.7. The summed E-state index contributed by atoms with van der Waals surface area (Å²) >= 11 is 0. The number of amides is 3. The first-order chi connectivity index (χ1) is 23.0. The van der Waals surface area contributed by atoms with Gasteiger partial charge in [0.1, 0.15) is 6.29 Å². The standard InChI is InChI=1S/C37H40N6O5/c1-5-43(17-9-16-38)26-14-15-29(22(2)18-26)41-30-20-28(33(45)31-32(30)42-36(48)37(31,3)4)35(47)40-25-12-8-11-24(19-25)39-34(46)27-13-7-6-10-23(27)21-44/h8,11-12,14-15,18-21,23,27H,5-7,9-10,13,17H2,1-4H3,(H,39,46)(H,40,47)(H,42,48). The first-order valence-electron chi connectivity index (χ1n) is 16.3. The van der Waals surface area contributed by atoms with Gasteiger partial charge < -0.3 is 25.6 Å². The lowest BCUT2D eigenvalue weighted by Gasteiger charge is -2.26. The van der Waals surface area contributed by atoms with E-state index in [4.69, 9.17) is 10.3 Å². The van der Waals surface area contributed by atoms with Crippen LogP contribution in [0.25, 0.3) is 0 Å². The second kappa shape index (κ2) is 14.2. The lowest BCUT2D eigenvalue weighted by atomic mass is 9.78. The van der Waals surface area contributed by atoms with E-state index in [-0.39, 0.29) is 40.3 Å². The highest BCUT2D eigenvalue weighted by Crippen LogP contribution is 2.40. The van der Waals surface area contributed by atoms with E-state index in [1.807, 2.05) is 32.0 Å². The Morgan fingerprint density at radius 1 is 1.10 bits per heavy atom. The number of rotatable bonds is 10. The van der Waals surface area contributed by atoms with Crippen molar-refractivity contribution < 1.29 is 24.0 Å². The van der Waals surface area contributed by atoms with Crippen molar-refractivity contribution in [2.45, 2.75) is 59.8 Å². The van der Waals surface area contributed by atoms with Gasteiger partial charge in [0.25, 0.3) is 5.91 Å². The molecule has 3 aliphatic rings. The first-order valence-corrected chi connectivity index (χ1v) is 16.3. The van der Waals surface area contributed by atoms with Gasteiger partial charge in [-0.15, -0.1) is 0 Å². The van der Waals surface area contributed by atoms with E-state index in [2.05, 4.69) is 26.9 Å². The minimum Gasteiger partial charge on any atom is -0.371 e. The fraction of sp³-hybridized carbons (Fsp3) is 0.378. The van der Waals surface area contributed by atoms with E-state index in [9.17, 15) is 24.0 Å². The molecular weight excluding hydrogens is 608 g/mol. The van der Waals surface area contributed by atoms with Gasteiger partial charge in [0.2, 0.25) is 11.8 Å². The number of Topliss-reactive ketones (excluding diaryl/α,β-unsaturated/α-hetero) is 1. The summed E-state index contributed by atoms with van der Waals surface area (Å²) in [6.07, 6.45) is 5.78. The summed E-state index contributed by atoms with van der Waals surface area (Å²) in [4.78, 5) is 71.9. The molecule has 0 saturated heterocycles. The average Bonchev–Trinajstić information content (AvgIpc) is 3.31. The molecule has 1 aliphatic heterocycles. The highest BCUT2D eigenvalue weighted by Gasteiger charge is 2.48. The Kier molecular flexibility index (Phi) is 10.0. The van der Waals surface area contributed by atoms with Crippen LogP contribution in [0.5, 0.6) is 0 Å². The van der Waals surface area contributed by atoms with Gasteiger partial charge in [-0.3, -0.25) is 19.2 Å². The van der Waals surface area contributed by atoms with Crippen LogP contribution in [0.3, 0.4) is 0 Å². The minimum absolute atomic E-state index is 0.167. The lowest BCUT2D eigenvalue weighted by Crippen LogP contribution is -2.33. The second-order valence-electron chi connectivity index (χ2n) is 12.9. The number of nitrogens with zero attached hydrogens (tertiary/aromatic N) is 3. The zero-order chi connectivity index (χ0) is 34.6. The molecule has 0 radical (unpaired) electrons. The molecule has 0 bridgehead atoms. The number of aliphatic imine (C=N–C) groups is 1. The van der Waals surface area contributed by atoms with Crippen LogP contribution in [-0.2, 0) is 24.0 Å². The lowest BCUT2D eigenvalue weighted by molar-refractivity contribution is -0.127. The van der Waals surface area contributed by atoms with Gasteiger partial charge in [-0.05, 0) is 88.6 Å². The minimum atomic E-state index is -1.20. The Bertz CT molecular complexity index is 1810. The fourth-order valence-electron chi connectivity index (χ4n) is 6.52. The number of carbonyl (C=O) groups is 5. The number of hydrogen-bond acceptors (Lipinski definition) is 8. The van der Waals surface area contributed by atoms with Crippen LogP contribution in [0.15, 0.2) is 70.4 Å². The average molecular weight is 649 g/mol. The van der Waals surface area contributed by atoms with Crippen LogP contribution in [-0.4, -0.2) is 48.6 Å².